The average molecular weight is 239 g/mol. The van der Waals surface area contributed by atoms with Gasteiger partial charge < -0.3 is 4.74 Å². The predicted molar refractivity (Wildman–Crippen MR) is 65.2 cm³/mol. The molecule has 1 fully saturated rings. The number of ether oxygens (including phenoxy) is 1. The average Bonchev–Trinajstić information content (AvgIpc) is 2.59. The lowest BCUT2D eigenvalue weighted by atomic mass is 9.89. The molecule has 0 spiro atoms. The molecule has 0 bridgehead atoms. The van der Waals surface area contributed by atoms with E-state index in [2.05, 4.69) is 23.9 Å². The molecule has 0 amide bonds. The van der Waals surface area contributed by atoms with Crippen LogP contribution in [0, 0.1) is 17.8 Å². The Morgan fingerprint density at radius 2 is 2.12 bits per heavy atom. The van der Waals surface area contributed by atoms with Crippen molar-refractivity contribution in [1.82, 2.24) is 0 Å². The molecule has 1 aliphatic rings. The van der Waals surface area contributed by atoms with Crippen molar-refractivity contribution in [2.24, 2.45) is 22.9 Å². The van der Waals surface area contributed by atoms with E-state index in [-0.39, 0.29) is 30.0 Å². The summed E-state index contributed by atoms with van der Waals surface area (Å²) in [4.78, 5) is 14.5. The lowest BCUT2D eigenvalue weighted by Gasteiger charge is -2.19. The maximum absolute atomic E-state index is 11.7. The molecule has 1 heterocycles. The largest absolute Gasteiger partial charge is 0.462 e. The third kappa shape index (κ3) is 3.63. The standard InChI is InChI=1S/C12H21N3O2/c1-7(2)5-10(14-15-13)11-6-9(8(3)4)12(16)17-11/h7-11H,5-6H2,1-4H3/t9?,10-,11?/m1/s1. The van der Waals surface area contributed by atoms with Crippen molar-refractivity contribution in [2.45, 2.75) is 52.7 Å². The van der Waals surface area contributed by atoms with Gasteiger partial charge in [-0.3, -0.25) is 4.79 Å². The molecular weight excluding hydrogens is 218 g/mol. The first kappa shape index (κ1) is 13.8. The topological polar surface area (TPSA) is 75.1 Å². The zero-order valence-electron chi connectivity index (χ0n) is 11.0. The van der Waals surface area contributed by atoms with Crippen LogP contribution < -0.4 is 0 Å². The fourth-order valence-electron chi connectivity index (χ4n) is 2.23. The van der Waals surface area contributed by atoms with E-state index in [4.69, 9.17) is 10.3 Å². The van der Waals surface area contributed by atoms with Gasteiger partial charge in [-0.25, -0.2) is 0 Å². The summed E-state index contributed by atoms with van der Waals surface area (Å²) in [6.07, 6.45) is 1.19. The number of hydrogen-bond donors (Lipinski definition) is 0. The van der Waals surface area contributed by atoms with Crippen molar-refractivity contribution < 1.29 is 9.53 Å². The number of nitrogens with zero attached hydrogens (tertiary/aromatic N) is 3. The lowest BCUT2D eigenvalue weighted by Crippen LogP contribution is -2.25. The molecule has 0 saturated carbocycles. The molecule has 0 aromatic rings. The van der Waals surface area contributed by atoms with E-state index in [0.717, 1.165) is 6.42 Å². The molecule has 1 saturated heterocycles. The summed E-state index contributed by atoms with van der Waals surface area (Å²) in [6, 6.07) is -0.229. The lowest BCUT2D eigenvalue weighted by molar-refractivity contribution is -0.145. The third-order valence-corrected chi connectivity index (χ3v) is 3.20. The highest BCUT2D eigenvalue weighted by Gasteiger charge is 2.39. The number of azide groups is 1. The highest BCUT2D eigenvalue weighted by molar-refractivity contribution is 5.75. The zero-order chi connectivity index (χ0) is 13.0. The maximum Gasteiger partial charge on any atom is 0.309 e. The Hall–Kier alpha value is -1.22. The Bertz CT molecular complexity index is 322. The van der Waals surface area contributed by atoms with E-state index in [9.17, 15) is 4.79 Å². The van der Waals surface area contributed by atoms with Gasteiger partial charge in [0.1, 0.15) is 6.10 Å². The Kier molecular flexibility index (Phi) is 4.82. The molecule has 0 N–H and O–H groups in total. The molecule has 0 radical (unpaired) electrons. The van der Waals surface area contributed by atoms with Crippen LogP contribution in [0.2, 0.25) is 0 Å². The van der Waals surface area contributed by atoms with Gasteiger partial charge in [0, 0.05) is 4.91 Å². The summed E-state index contributed by atoms with van der Waals surface area (Å²) in [5, 5.41) is 3.78. The first-order valence-electron chi connectivity index (χ1n) is 6.20. The van der Waals surface area contributed by atoms with Crippen molar-refractivity contribution in [2.75, 3.05) is 0 Å². The normalized spacial score (nSPS) is 25.9. The molecule has 0 aliphatic carbocycles. The Morgan fingerprint density at radius 3 is 2.53 bits per heavy atom. The number of esters is 1. The van der Waals surface area contributed by atoms with E-state index in [1.165, 1.54) is 0 Å². The van der Waals surface area contributed by atoms with Gasteiger partial charge in [0.05, 0.1) is 12.0 Å². The van der Waals surface area contributed by atoms with E-state index in [1.807, 2.05) is 13.8 Å². The summed E-state index contributed by atoms with van der Waals surface area (Å²) in [5.74, 6) is 0.496. The molecule has 5 nitrogen and oxygen atoms in total. The maximum atomic E-state index is 11.7. The van der Waals surface area contributed by atoms with Crippen LogP contribution in [0.4, 0.5) is 0 Å². The third-order valence-electron chi connectivity index (χ3n) is 3.20. The number of carbonyl (C=O) groups is 1. The quantitative estimate of drug-likeness (QED) is 0.319. The molecule has 96 valence electrons. The van der Waals surface area contributed by atoms with Gasteiger partial charge in [-0.1, -0.05) is 32.8 Å². The van der Waals surface area contributed by atoms with Gasteiger partial charge in [-0.15, -0.1) is 0 Å². The van der Waals surface area contributed by atoms with Crippen LogP contribution in [0.1, 0.15) is 40.5 Å². The van der Waals surface area contributed by atoms with Crippen LogP contribution in [0.25, 0.3) is 10.4 Å². The second-order valence-corrected chi connectivity index (χ2v) is 5.46. The van der Waals surface area contributed by atoms with Gasteiger partial charge in [0.25, 0.3) is 0 Å². The minimum atomic E-state index is -0.242. The van der Waals surface area contributed by atoms with Gasteiger partial charge in [0.15, 0.2) is 0 Å². The molecule has 5 heteroatoms. The second-order valence-electron chi connectivity index (χ2n) is 5.46. The van der Waals surface area contributed by atoms with Gasteiger partial charge >= 0.3 is 5.97 Å². The molecule has 0 aromatic heterocycles. The number of rotatable bonds is 5. The Labute approximate surface area is 102 Å². The van der Waals surface area contributed by atoms with Crippen molar-refractivity contribution in [3.8, 4) is 0 Å². The van der Waals surface area contributed by atoms with Crippen LogP contribution >= 0.6 is 0 Å². The molecule has 0 aromatic carbocycles. The fraction of sp³-hybridized carbons (Fsp3) is 0.917. The van der Waals surface area contributed by atoms with Crippen molar-refractivity contribution in [3.05, 3.63) is 10.4 Å². The van der Waals surface area contributed by atoms with Crippen LogP contribution in [-0.4, -0.2) is 18.1 Å². The van der Waals surface area contributed by atoms with Crippen LogP contribution in [-0.2, 0) is 9.53 Å². The minimum Gasteiger partial charge on any atom is -0.462 e. The van der Waals surface area contributed by atoms with E-state index in [0.29, 0.717) is 12.3 Å². The van der Waals surface area contributed by atoms with E-state index < -0.39 is 0 Å². The number of cyclic esters (lactones) is 1. The van der Waals surface area contributed by atoms with Crippen molar-refractivity contribution in [3.63, 3.8) is 0 Å². The predicted octanol–water partition coefficient (Wildman–Crippen LogP) is 3.30. The van der Waals surface area contributed by atoms with Crippen LogP contribution in [0.5, 0.6) is 0 Å². The molecule has 2 unspecified atom stereocenters. The van der Waals surface area contributed by atoms with Crippen LogP contribution in [0.15, 0.2) is 5.11 Å². The highest BCUT2D eigenvalue weighted by Crippen LogP contribution is 2.32. The van der Waals surface area contributed by atoms with Gasteiger partial charge in [0.2, 0.25) is 0 Å². The molecule has 1 aliphatic heterocycles. The summed E-state index contributed by atoms with van der Waals surface area (Å²) >= 11 is 0. The fourth-order valence-corrected chi connectivity index (χ4v) is 2.23. The monoisotopic (exact) mass is 239 g/mol. The number of carbonyl (C=O) groups excluding carboxylic acids is 1. The summed E-state index contributed by atoms with van der Waals surface area (Å²) in [5.41, 5.74) is 8.57. The zero-order valence-corrected chi connectivity index (χ0v) is 11.0. The van der Waals surface area contributed by atoms with Crippen molar-refractivity contribution >= 4 is 5.97 Å². The van der Waals surface area contributed by atoms with Crippen LogP contribution in [0.3, 0.4) is 0 Å². The van der Waals surface area contributed by atoms with E-state index >= 15 is 0 Å². The van der Waals surface area contributed by atoms with Crippen molar-refractivity contribution in [1.29, 1.82) is 0 Å². The second kappa shape index (κ2) is 5.92. The van der Waals surface area contributed by atoms with Gasteiger partial charge in [-0.2, -0.15) is 0 Å². The number of hydrogen-bond acceptors (Lipinski definition) is 3. The van der Waals surface area contributed by atoms with E-state index in [1.54, 1.807) is 0 Å². The minimum absolute atomic E-state index is 0.0523. The summed E-state index contributed by atoms with van der Waals surface area (Å²) in [7, 11) is 0. The summed E-state index contributed by atoms with van der Waals surface area (Å²) in [6.45, 7) is 8.16. The SMILES string of the molecule is CC(C)C[C@@H](N=[N+]=[N-])C1CC(C(C)C)C(=O)O1. The molecule has 17 heavy (non-hydrogen) atoms. The Balaban J connectivity index is 2.71. The van der Waals surface area contributed by atoms with Gasteiger partial charge in [-0.05, 0) is 30.2 Å². The molecular formula is C12H21N3O2. The Morgan fingerprint density at radius 1 is 1.47 bits per heavy atom. The highest BCUT2D eigenvalue weighted by atomic mass is 16.6. The summed E-state index contributed by atoms with van der Waals surface area (Å²) < 4.78 is 5.35. The first-order chi connectivity index (χ1) is 7.95. The molecule has 1 rings (SSSR count). The smallest absolute Gasteiger partial charge is 0.309 e. The first-order valence-corrected chi connectivity index (χ1v) is 6.20. The molecule has 3 atom stereocenters.